The van der Waals surface area contributed by atoms with Crippen LogP contribution >= 0.6 is 27.3 Å². The minimum absolute atomic E-state index is 0.0492. The number of benzene rings is 1. The highest BCUT2D eigenvalue weighted by atomic mass is 79.9. The summed E-state index contributed by atoms with van der Waals surface area (Å²) in [4.78, 5) is 18.3. The van der Waals surface area contributed by atoms with Crippen molar-refractivity contribution in [3.05, 3.63) is 62.5 Å². The molecular weight excluding hydrogens is 426 g/mol. The quantitative estimate of drug-likeness (QED) is 0.617. The Kier molecular flexibility index (Phi) is 5.38. The zero-order chi connectivity index (χ0) is 18.8. The molecule has 0 atom stereocenters. The number of rotatable bonds is 4. The van der Waals surface area contributed by atoms with Gasteiger partial charge in [0.25, 0.3) is 5.91 Å². The van der Waals surface area contributed by atoms with Crippen LogP contribution in [0.4, 0.5) is 0 Å². The van der Waals surface area contributed by atoms with E-state index in [1.165, 1.54) is 10.4 Å². The number of aryl methyl sites for hydroxylation is 1. The Bertz CT molecular complexity index is 928. The average molecular weight is 446 g/mol. The van der Waals surface area contributed by atoms with Gasteiger partial charge in [-0.05, 0) is 47.1 Å². The smallest absolute Gasteiger partial charge is 0.276 e. The summed E-state index contributed by atoms with van der Waals surface area (Å²) in [6.07, 6.45) is 1.71. The highest BCUT2D eigenvalue weighted by Crippen LogP contribution is 2.23. The van der Waals surface area contributed by atoms with Gasteiger partial charge in [-0.15, -0.1) is 16.4 Å². The standard InChI is InChI=1S/C19H20BrN5OS/c1-14-2-4-15(5-3-14)25-13-17(21-22-25)19(26)24-10-8-23(9-11-24)12-16-6-7-18(20)27-16/h2-7,13H,8-12H2,1H3. The van der Waals surface area contributed by atoms with E-state index in [1.807, 2.05) is 36.1 Å². The maximum Gasteiger partial charge on any atom is 0.276 e. The summed E-state index contributed by atoms with van der Waals surface area (Å²) in [5, 5.41) is 8.20. The monoisotopic (exact) mass is 445 g/mol. The van der Waals surface area contributed by atoms with Gasteiger partial charge in [0.15, 0.2) is 5.69 Å². The lowest BCUT2D eigenvalue weighted by Gasteiger charge is -2.34. The second-order valence-corrected chi connectivity index (χ2v) is 9.21. The molecule has 140 valence electrons. The molecule has 2 aromatic heterocycles. The molecule has 0 radical (unpaired) electrons. The lowest BCUT2D eigenvalue weighted by Crippen LogP contribution is -2.48. The number of hydrogen-bond donors (Lipinski definition) is 0. The van der Waals surface area contributed by atoms with Gasteiger partial charge in [-0.25, -0.2) is 4.68 Å². The molecule has 0 bridgehead atoms. The molecule has 1 aliphatic rings. The third-order valence-corrected chi connectivity index (χ3v) is 6.29. The summed E-state index contributed by atoms with van der Waals surface area (Å²) in [6.45, 7) is 6.13. The van der Waals surface area contributed by atoms with Gasteiger partial charge in [0.2, 0.25) is 0 Å². The molecule has 3 heterocycles. The van der Waals surface area contributed by atoms with Gasteiger partial charge in [-0.2, -0.15) is 0 Å². The van der Waals surface area contributed by atoms with Gasteiger partial charge in [0.1, 0.15) is 0 Å². The van der Waals surface area contributed by atoms with Gasteiger partial charge >= 0.3 is 0 Å². The van der Waals surface area contributed by atoms with Crippen LogP contribution in [-0.4, -0.2) is 56.9 Å². The molecule has 1 amide bonds. The number of thiophene rings is 1. The lowest BCUT2D eigenvalue weighted by atomic mass is 10.2. The fraction of sp³-hybridized carbons (Fsp3) is 0.316. The Morgan fingerprint density at radius 2 is 1.85 bits per heavy atom. The molecule has 4 rings (SSSR count). The first-order valence-corrected chi connectivity index (χ1v) is 10.4. The van der Waals surface area contributed by atoms with Crippen LogP contribution in [0.1, 0.15) is 20.9 Å². The van der Waals surface area contributed by atoms with Crippen molar-refractivity contribution in [3.8, 4) is 5.69 Å². The van der Waals surface area contributed by atoms with E-state index in [9.17, 15) is 4.79 Å². The second-order valence-electron chi connectivity index (χ2n) is 6.66. The van der Waals surface area contributed by atoms with E-state index < -0.39 is 0 Å². The Balaban J connectivity index is 1.36. The fourth-order valence-electron chi connectivity index (χ4n) is 3.11. The van der Waals surface area contributed by atoms with Crippen LogP contribution in [0.3, 0.4) is 0 Å². The van der Waals surface area contributed by atoms with Gasteiger partial charge in [-0.3, -0.25) is 9.69 Å². The number of aromatic nitrogens is 3. The SMILES string of the molecule is Cc1ccc(-n2cc(C(=O)N3CCN(Cc4ccc(Br)s4)CC3)nn2)cc1. The highest BCUT2D eigenvalue weighted by molar-refractivity contribution is 9.11. The first-order chi connectivity index (χ1) is 13.1. The van der Waals surface area contributed by atoms with Crippen molar-refractivity contribution < 1.29 is 4.79 Å². The maximum absolute atomic E-state index is 12.8. The number of piperazine rings is 1. The van der Waals surface area contributed by atoms with Gasteiger partial charge in [-0.1, -0.05) is 22.9 Å². The summed E-state index contributed by atoms with van der Waals surface area (Å²) < 4.78 is 2.81. The summed E-state index contributed by atoms with van der Waals surface area (Å²) in [7, 11) is 0. The predicted octanol–water partition coefficient (Wildman–Crippen LogP) is 3.36. The first-order valence-electron chi connectivity index (χ1n) is 8.84. The number of carbonyl (C=O) groups is 1. The normalized spacial score (nSPS) is 15.3. The molecular formula is C19H20BrN5OS. The van der Waals surface area contributed by atoms with E-state index in [-0.39, 0.29) is 5.91 Å². The lowest BCUT2D eigenvalue weighted by molar-refractivity contribution is 0.0624. The molecule has 1 saturated heterocycles. The molecule has 1 aliphatic heterocycles. The topological polar surface area (TPSA) is 54.3 Å². The number of amides is 1. The highest BCUT2D eigenvalue weighted by Gasteiger charge is 2.24. The summed E-state index contributed by atoms with van der Waals surface area (Å²) in [5.74, 6) is -0.0492. The summed E-state index contributed by atoms with van der Waals surface area (Å²) in [6, 6.07) is 12.2. The van der Waals surface area contributed by atoms with Gasteiger partial charge < -0.3 is 4.90 Å². The van der Waals surface area contributed by atoms with Gasteiger partial charge in [0.05, 0.1) is 15.7 Å². The van der Waals surface area contributed by atoms with Crippen molar-refractivity contribution in [1.29, 1.82) is 0 Å². The third-order valence-electron chi connectivity index (χ3n) is 4.68. The van der Waals surface area contributed by atoms with Crippen LogP contribution in [0.25, 0.3) is 5.69 Å². The summed E-state index contributed by atoms with van der Waals surface area (Å²) >= 11 is 5.27. The minimum Gasteiger partial charge on any atom is -0.335 e. The van der Waals surface area contributed by atoms with Crippen molar-refractivity contribution in [2.24, 2.45) is 0 Å². The van der Waals surface area contributed by atoms with Crippen LogP contribution in [0.5, 0.6) is 0 Å². The van der Waals surface area contributed by atoms with Crippen molar-refractivity contribution in [1.82, 2.24) is 24.8 Å². The molecule has 6 nitrogen and oxygen atoms in total. The molecule has 27 heavy (non-hydrogen) atoms. The van der Waals surface area contributed by atoms with Crippen LogP contribution in [0.2, 0.25) is 0 Å². The van der Waals surface area contributed by atoms with E-state index in [4.69, 9.17) is 0 Å². The molecule has 3 aromatic rings. The molecule has 1 fully saturated rings. The van der Waals surface area contributed by atoms with Crippen LogP contribution < -0.4 is 0 Å². The molecule has 0 aliphatic carbocycles. The molecule has 8 heteroatoms. The van der Waals surface area contributed by atoms with Crippen LogP contribution in [0.15, 0.2) is 46.4 Å². The van der Waals surface area contributed by atoms with E-state index in [1.54, 1.807) is 22.2 Å². The van der Waals surface area contributed by atoms with Crippen molar-refractivity contribution >= 4 is 33.2 Å². The zero-order valence-electron chi connectivity index (χ0n) is 15.0. The Hall–Kier alpha value is -2.03. The van der Waals surface area contributed by atoms with Crippen LogP contribution in [0, 0.1) is 6.92 Å². The number of nitrogens with zero attached hydrogens (tertiary/aromatic N) is 5. The molecule has 0 N–H and O–H groups in total. The van der Waals surface area contributed by atoms with Crippen LogP contribution in [-0.2, 0) is 6.54 Å². The van der Waals surface area contributed by atoms with Crippen molar-refractivity contribution in [3.63, 3.8) is 0 Å². The maximum atomic E-state index is 12.8. The number of halogens is 1. The van der Waals surface area contributed by atoms with Crippen molar-refractivity contribution in [2.75, 3.05) is 26.2 Å². The molecule has 1 aromatic carbocycles. The largest absolute Gasteiger partial charge is 0.335 e. The van der Waals surface area contributed by atoms with E-state index in [0.29, 0.717) is 18.8 Å². The van der Waals surface area contributed by atoms with Crippen molar-refractivity contribution in [2.45, 2.75) is 13.5 Å². The number of carbonyl (C=O) groups excluding carboxylic acids is 1. The molecule has 0 unspecified atom stereocenters. The average Bonchev–Trinajstić information content (AvgIpc) is 3.32. The Labute approximate surface area is 170 Å². The minimum atomic E-state index is -0.0492. The third kappa shape index (κ3) is 4.28. The van der Waals surface area contributed by atoms with Gasteiger partial charge in [0, 0.05) is 37.6 Å². The molecule has 0 spiro atoms. The number of hydrogen-bond acceptors (Lipinski definition) is 5. The predicted molar refractivity (Wildman–Crippen MR) is 109 cm³/mol. The Morgan fingerprint density at radius 3 is 2.52 bits per heavy atom. The first kappa shape index (κ1) is 18.3. The second kappa shape index (κ2) is 7.92. The van der Waals surface area contributed by atoms with E-state index in [2.05, 4.69) is 43.3 Å². The fourth-order valence-corrected chi connectivity index (χ4v) is 4.64. The van der Waals surface area contributed by atoms with E-state index in [0.717, 1.165) is 29.1 Å². The van der Waals surface area contributed by atoms with E-state index >= 15 is 0 Å². The zero-order valence-corrected chi connectivity index (χ0v) is 17.4. The molecule has 0 saturated carbocycles. The Morgan fingerprint density at radius 1 is 1.11 bits per heavy atom. The summed E-state index contributed by atoms with van der Waals surface area (Å²) in [5.41, 5.74) is 2.48.